The van der Waals surface area contributed by atoms with Crippen molar-refractivity contribution < 1.29 is 9.53 Å². The van der Waals surface area contributed by atoms with Crippen LogP contribution in [0.5, 0.6) is 0 Å². The third-order valence-electron chi connectivity index (χ3n) is 4.56. The first-order valence-corrected chi connectivity index (χ1v) is 9.35. The molecule has 3 nitrogen and oxygen atoms in total. The van der Waals surface area contributed by atoms with Gasteiger partial charge in [-0.1, -0.05) is 13.0 Å². The number of carbonyl (C=O) groups excluding carboxylic acids is 1. The van der Waals surface area contributed by atoms with E-state index >= 15 is 0 Å². The predicted molar refractivity (Wildman–Crippen MR) is 89.6 cm³/mol. The minimum Gasteiger partial charge on any atom is -0.368 e. The molecule has 0 radical (unpaired) electrons. The topological polar surface area (TPSA) is 29.5 Å². The van der Waals surface area contributed by atoms with Gasteiger partial charge in [-0.3, -0.25) is 4.79 Å². The second-order valence-electron chi connectivity index (χ2n) is 6.42. The molecule has 0 aromatic heterocycles. The Morgan fingerprint density at radius 2 is 2.10 bits per heavy atom. The molecule has 0 bridgehead atoms. The average Bonchev–Trinajstić information content (AvgIpc) is 2.99. The Morgan fingerprint density at radius 3 is 2.71 bits per heavy atom. The van der Waals surface area contributed by atoms with Gasteiger partial charge in [0.05, 0.1) is 6.10 Å². The van der Waals surface area contributed by atoms with E-state index in [0.717, 1.165) is 25.3 Å². The number of hydrogen-bond donors (Lipinski definition) is 0. The average molecular weight is 311 g/mol. The second kappa shape index (κ2) is 8.84. The lowest BCUT2D eigenvalue weighted by molar-refractivity contribution is -0.138. The van der Waals surface area contributed by atoms with Gasteiger partial charge >= 0.3 is 0 Å². The molecular formula is C17H29NO2S. The van der Waals surface area contributed by atoms with E-state index in [4.69, 9.17) is 4.74 Å². The summed E-state index contributed by atoms with van der Waals surface area (Å²) in [5, 5.41) is 0.601. The van der Waals surface area contributed by atoms with E-state index in [9.17, 15) is 4.79 Å². The van der Waals surface area contributed by atoms with E-state index in [1.165, 1.54) is 31.4 Å². The number of hydrogen-bond acceptors (Lipinski definition) is 3. The summed E-state index contributed by atoms with van der Waals surface area (Å²) in [5.74, 6) is 2.18. The van der Waals surface area contributed by atoms with Crippen molar-refractivity contribution in [3.8, 4) is 0 Å². The molecule has 1 atom stereocenters. The van der Waals surface area contributed by atoms with Gasteiger partial charge in [-0.2, -0.15) is 11.8 Å². The van der Waals surface area contributed by atoms with E-state index < -0.39 is 0 Å². The van der Waals surface area contributed by atoms with Crippen molar-refractivity contribution in [3.05, 3.63) is 12.7 Å². The van der Waals surface area contributed by atoms with Gasteiger partial charge < -0.3 is 9.64 Å². The van der Waals surface area contributed by atoms with Gasteiger partial charge in [0.1, 0.15) is 6.61 Å². The molecule has 1 aliphatic carbocycles. The van der Waals surface area contributed by atoms with Crippen LogP contribution >= 0.6 is 11.8 Å². The van der Waals surface area contributed by atoms with Crippen LogP contribution in [0.3, 0.4) is 0 Å². The van der Waals surface area contributed by atoms with Crippen LogP contribution in [0.4, 0.5) is 0 Å². The number of rotatable bonds is 7. The van der Waals surface area contributed by atoms with Crippen molar-refractivity contribution >= 4 is 17.7 Å². The molecule has 1 heterocycles. The Kier molecular flexibility index (Phi) is 7.11. The Labute approximate surface area is 133 Å². The zero-order valence-electron chi connectivity index (χ0n) is 13.3. The number of carbonyl (C=O) groups is 1. The Hall–Kier alpha value is -0.480. The largest absolute Gasteiger partial charge is 0.368 e. The monoisotopic (exact) mass is 311 g/mol. The zero-order chi connectivity index (χ0) is 15.1. The van der Waals surface area contributed by atoms with Gasteiger partial charge in [-0.05, 0) is 50.2 Å². The van der Waals surface area contributed by atoms with Gasteiger partial charge in [-0.25, -0.2) is 0 Å². The van der Waals surface area contributed by atoms with Crippen molar-refractivity contribution in [3.63, 3.8) is 0 Å². The van der Waals surface area contributed by atoms with E-state index in [0.29, 0.717) is 11.8 Å². The molecule has 21 heavy (non-hydrogen) atoms. The van der Waals surface area contributed by atoms with Gasteiger partial charge in [0, 0.05) is 18.3 Å². The minimum atomic E-state index is 0.126. The molecule has 1 saturated carbocycles. The summed E-state index contributed by atoms with van der Waals surface area (Å²) < 4.78 is 5.85. The molecule has 120 valence electrons. The van der Waals surface area contributed by atoms with E-state index in [1.54, 1.807) is 0 Å². The minimum absolute atomic E-state index is 0.126. The quantitative estimate of drug-likeness (QED) is 0.674. The van der Waals surface area contributed by atoms with Crippen LogP contribution in [0.15, 0.2) is 12.7 Å². The standard InChI is InChI=1S/C17H29NO2S/c1-3-10-18(12-16-5-4-11-21-16)17(19)13-20-15-8-6-14(2)7-9-15/h3,14-16H,1,4-13H2,2H3. The summed E-state index contributed by atoms with van der Waals surface area (Å²) in [7, 11) is 0. The lowest BCUT2D eigenvalue weighted by Crippen LogP contribution is -2.39. The highest BCUT2D eigenvalue weighted by Gasteiger charge is 2.24. The lowest BCUT2D eigenvalue weighted by atomic mass is 9.89. The summed E-state index contributed by atoms with van der Waals surface area (Å²) in [4.78, 5) is 14.3. The van der Waals surface area contributed by atoms with Crippen LogP contribution in [0.25, 0.3) is 0 Å². The Morgan fingerprint density at radius 1 is 1.33 bits per heavy atom. The van der Waals surface area contributed by atoms with Crippen LogP contribution in [-0.4, -0.2) is 47.6 Å². The molecule has 2 fully saturated rings. The normalized spacial score (nSPS) is 29.3. The maximum atomic E-state index is 12.4. The fraction of sp³-hybridized carbons (Fsp3) is 0.824. The van der Waals surface area contributed by atoms with Crippen LogP contribution < -0.4 is 0 Å². The van der Waals surface area contributed by atoms with Gasteiger partial charge in [0.15, 0.2) is 0 Å². The fourth-order valence-corrected chi connectivity index (χ4v) is 4.43. The second-order valence-corrected chi connectivity index (χ2v) is 7.82. The highest BCUT2D eigenvalue weighted by molar-refractivity contribution is 8.00. The van der Waals surface area contributed by atoms with Crippen LogP contribution in [0.1, 0.15) is 45.4 Å². The Balaban J connectivity index is 1.73. The third-order valence-corrected chi connectivity index (χ3v) is 5.94. The first-order chi connectivity index (χ1) is 10.2. The molecule has 0 aromatic carbocycles. The molecule has 1 unspecified atom stereocenters. The maximum absolute atomic E-state index is 12.4. The molecule has 1 amide bonds. The van der Waals surface area contributed by atoms with E-state index in [-0.39, 0.29) is 18.6 Å². The lowest BCUT2D eigenvalue weighted by Gasteiger charge is -2.28. The number of nitrogens with zero attached hydrogens (tertiary/aromatic N) is 1. The van der Waals surface area contributed by atoms with Crippen LogP contribution in [-0.2, 0) is 9.53 Å². The summed E-state index contributed by atoms with van der Waals surface area (Å²) in [6.07, 6.45) is 9.29. The van der Waals surface area contributed by atoms with Crippen molar-refractivity contribution in [2.24, 2.45) is 5.92 Å². The SMILES string of the molecule is C=CCN(CC1CCCS1)C(=O)COC1CCC(C)CC1. The van der Waals surface area contributed by atoms with Crippen LogP contribution in [0, 0.1) is 5.92 Å². The first-order valence-electron chi connectivity index (χ1n) is 8.31. The summed E-state index contributed by atoms with van der Waals surface area (Å²) in [6.45, 7) is 7.80. The highest BCUT2D eigenvalue weighted by atomic mass is 32.2. The van der Waals surface area contributed by atoms with Gasteiger partial charge in [-0.15, -0.1) is 6.58 Å². The molecule has 0 spiro atoms. The molecule has 0 N–H and O–H groups in total. The summed E-state index contributed by atoms with van der Waals surface area (Å²) in [5.41, 5.74) is 0. The maximum Gasteiger partial charge on any atom is 0.248 e. The van der Waals surface area contributed by atoms with Gasteiger partial charge in [0.2, 0.25) is 5.91 Å². The molecule has 2 rings (SSSR count). The van der Waals surface area contributed by atoms with Crippen molar-refractivity contribution in [1.29, 1.82) is 0 Å². The van der Waals surface area contributed by atoms with E-state index in [2.05, 4.69) is 13.5 Å². The van der Waals surface area contributed by atoms with Gasteiger partial charge in [0.25, 0.3) is 0 Å². The molecular weight excluding hydrogens is 282 g/mol. The molecule has 1 aliphatic heterocycles. The highest BCUT2D eigenvalue weighted by Crippen LogP contribution is 2.27. The fourth-order valence-electron chi connectivity index (χ4n) is 3.14. The number of amides is 1. The summed E-state index contributed by atoms with van der Waals surface area (Å²) >= 11 is 1.99. The third kappa shape index (κ3) is 5.67. The predicted octanol–water partition coefficient (Wildman–Crippen LogP) is 3.49. The van der Waals surface area contributed by atoms with Crippen molar-refractivity contribution in [2.45, 2.75) is 56.8 Å². The number of ether oxygens (including phenoxy) is 1. The number of thioether (sulfide) groups is 1. The first kappa shape index (κ1) is 16.9. The summed E-state index contributed by atoms with van der Waals surface area (Å²) in [6, 6.07) is 0. The molecule has 2 aliphatic rings. The Bertz CT molecular complexity index is 334. The molecule has 1 saturated heterocycles. The molecule has 0 aromatic rings. The van der Waals surface area contributed by atoms with Crippen molar-refractivity contribution in [1.82, 2.24) is 4.90 Å². The van der Waals surface area contributed by atoms with Crippen molar-refractivity contribution in [2.75, 3.05) is 25.4 Å². The van der Waals surface area contributed by atoms with E-state index in [1.807, 2.05) is 22.7 Å². The zero-order valence-corrected chi connectivity index (χ0v) is 14.1. The smallest absolute Gasteiger partial charge is 0.248 e. The van der Waals surface area contributed by atoms with Crippen LogP contribution in [0.2, 0.25) is 0 Å². The molecule has 4 heteroatoms.